The molecule has 3 atom stereocenters. The van der Waals surface area contributed by atoms with Gasteiger partial charge in [-0.3, -0.25) is 0 Å². The fraction of sp³-hybridized carbons (Fsp3) is 0.222. The predicted molar refractivity (Wildman–Crippen MR) is 84.2 cm³/mol. The lowest BCUT2D eigenvalue weighted by molar-refractivity contribution is 0.424. The summed E-state index contributed by atoms with van der Waals surface area (Å²) in [6.07, 6.45) is 5.39. The van der Waals surface area contributed by atoms with Gasteiger partial charge >= 0.3 is 0 Å². The molecule has 2 aromatic rings. The van der Waals surface area contributed by atoms with E-state index in [0.717, 1.165) is 28.3 Å². The summed E-state index contributed by atoms with van der Waals surface area (Å²) in [4.78, 5) is 0. The van der Waals surface area contributed by atoms with E-state index in [1.165, 1.54) is 6.07 Å². The van der Waals surface area contributed by atoms with Gasteiger partial charge < -0.3 is 5.32 Å². The van der Waals surface area contributed by atoms with Gasteiger partial charge in [-0.1, -0.05) is 42.0 Å². The molecular formula is C18H15ClFN. The first-order valence-electron chi connectivity index (χ1n) is 7.21. The summed E-state index contributed by atoms with van der Waals surface area (Å²) in [5, 5.41) is 4.35. The number of nitrogens with one attached hydrogen (secondary N) is 1. The molecule has 4 rings (SSSR count). The van der Waals surface area contributed by atoms with Crippen LogP contribution < -0.4 is 5.32 Å². The third-order valence-electron chi connectivity index (χ3n) is 4.57. The van der Waals surface area contributed by atoms with Crippen LogP contribution >= 0.6 is 11.6 Å². The standard InChI is InChI=1S/C18H15ClFN/c19-16-7-2-1-4-14(16)18-13-6-3-5-12(13)15-10-11(20)8-9-17(15)21-18/h1-5,7-10,12-13,18,21H,6H2/t12-,13+,18-/m0/s1. The largest absolute Gasteiger partial charge is 0.378 e. The Balaban J connectivity index is 1.82. The summed E-state index contributed by atoms with van der Waals surface area (Å²) < 4.78 is 13.6. The van der Waals surface area contributed by atoms with E-state index >= 15 is 0 Å². The summed E-state index contributed by atoms with van der Waals surface area (Å²) in [5.74, 6) is 0.475. The lowest BCUT2D eigenvalue weighted by Crippen LogP contribution is -2.29. The van der Waals surface area contributed by atoms with Crippen LogP contribution in [-0.2, 0) is 0 Å². The molecule has 0 saturated carbocycles. The van der Waals surface area contributed by atoms with Crippen molar-refractivity contribution < 1.29 is 4.39 Å². The molecule has 1 nitrogen and oxygen atoms in total. The van der Waals surface area contributed by atoms with Crippen molar-refractivity contribution in [2.45, 2.75) is 18.4 Å². The van der Waals surface area contributed by atoms with Crippen molar-refractivity contribution in [3.63, 3.8) is 0 Å². The fourth-order valence-corrected chi connectivity index (χ4v) is 3.85. The average Bonchev–Trinajstić information content (AvgIpc) is 2.97. The lowest BCUT2D eigenvalue weighted by Gasteiger charge is -2.37. The molecule has 0 fully saturated rings. The molecule has 21 heavy (non-hydrogen) atoms. The topological polar surface area (TPSA) is 12.0 Å². The van der Waals surface area contributed by atoms with Crippen LogP contribution in [0.4, 0.5) is 10.1 Å². The molecule has 106 valence electrons. The third-order valence-corrected chi connectivity index (χ3v) is 4.91. The lowest BCUT2D eigenvalue weighted by atomic mass is 9.77. The number of halogens is 2. The Morgan fingerprint density at radius 2 is 1.95 bits per heavy atom. The number of hydrogen-bond donors (Lipinski definition) is 1. The smallest absolute Gasteiger partial charge is 0.123 e. The zero-order valence-corrected chi connectivity index (χ0v) is 12.1. The number of anilines is 1. The second kappa shape index (κ2) is 4.88. The van der Waals surface area contributed by atoms with Gasteiger partial charge in [0.2, 0.25) is 0 Å². The van der Waals surface area contributed by atoms with Crippen LogP contribution in [0.3, 0.4) is 0 Å². The second-order valence-corrected chi connectivity index (χ2v) is 6.14. The zero-order chi connectivity index (χ0) is 14.4. The summed E-state index contributed by atoms with van der Waals surface area (Å²) in [7, 11) is 0. The first-order valence-corrected chi connectivity index (χ1v) is 7.59. The maximum absolute atomic E-state index is 13.6. The van der Waals surface area contributed by atoms with Gasteiger partial charge in [-0.15, -0.1) is 0 Å². The van der Waals surface area contributed by atoms with Gasteiger partial charge in [0.15, 0.2) is 0 Å². The summed E-state index contributed by atoms with van der Waals surface area (Å²) in [6.45, 7) is 0. The minimum atomic E-state index is -0.175. The quantitative estimate of drug-likeness (QED) is 0.704. The van der Waals surface area contributed by atoms with E-state index in [-0.39, 0.29) is 17.8 Å². The van der Waals surface area contributed by atoms with Gasteiger partial charge in [0.1, 0.15) is 5.82 Å². The van der Waals surface area contributed by atoms with E-state index in [0.29, 0.717) is 5.92 Å². The Bertz CT molecular complexity index is 725. The molecule has 0 aromatic heterocycles. The molecule has 1 aliphatic carbocycles. The molecule has 0 radical (unpaired) electrons. The predicted octanol–water partition coefficient (Wildman–Crippen LogP) is 5.31. The van der Waals surface area contributed by atoms with Crippen LogP contribution in [0.25, 0.3) is 0 Å². The fourth-order valence-electron chi connectivity index (χ4n) is 3.60. The Morgan fingerprint density at radius 3 is 2.81 bits per heavy atom. The van der Waals surface area contributed by atoms with Crippen molar-refractivity contribution in [2.24, 2.45) is 5.92 Å². The first-order chi connectivity index (χ1) is 10.2. The van der Waals surface area contributed by atoms with Crippen LogP contribution in [0, 0.1) is 11.7 Å². The maximum Gasteiger partial charge on any atom is 0.123 e. The molecule has 1 heterocycles. The Kier molecular flexibility index (Phi) is 3.00. The van der Waals surface area contributed by atoms with Crippen LogP contribution in [0.5, 0.6) is 0 Å². The molecule has 0 bridgehead atoms. The molecule has 0 unspecified atom stereocenters. The first kappa shape index (κ1) is 12.9. The number of hydrogen-bond acceptors (Lipinski definition) is 1. The van der Waals surface area contributed by atoms with Gasteiger partial charge in [0.05, 0.1) is 6.04 Å². The minimum Gasteiger partial charge on any atom is -0.378 e. The van der Waals surface area contributed by atoms with Gasteiger partial charge in [-0.25, -0.2) is 4.39 Å². The van der Waals surface area contributed by atoms with Crippen LogP contribution in [-0.4, -0.2) is 0 Å². The van der Waals surface area contributed by atoms with Crippen molar-refractivity contribution in [1.82, 2.24) is 0 Å². The Morgan fingerprint density at radius 1 is 1.10 bits per heavy atom. The molecule has 0 spiro atoms. The van der Waals surface area contributed by atoms with Crippen molar-refractivity contribution in [1.29, 1.82) is 0 Å². The molecule has 1 N–H and O–H groups in total. The number of benzene rings is 2. The molecule has 0 saturated heterocycles. The molecule has 2 aromatic carbocycles. The van der Waals surface area contributed by atoms with E-state index in [2.05, 4.69) is 23.5 Å². The van der Waals surface area contributed by atoms with Gasteiger partial charge in [-0.2, -0.15) is 0 Å². The Labute approximate surface area is 128 Å². The second-order valence-electron chi connectivity index (χ2n) is 5.73. The van der Waals surface area contributed by atoms with Gasteiger partial charge in [-0.05, 0) is 47.7 Å². The highest BCUT2D eigenvalue weighted by Gasteiger charge is 2.38. The highest BCUT2D eigenvalue weighted by atomic mass is 35.5. The summed E-state index contributed by atoms with van der Waals surface area (Å²) in [6, 6.07) is 13.1. The van der Waals surface area contributed by atoms with E-state index in [1.807, 2.05) is 24.3 Å². The van der Waals surface area contributed by atoms with E-state index in [1.54, 1.807) is 6.07 Å². The molecule has 1 aliphatic heterocycles. The van der Waals surface area contributed by atoms with Crippen molar-refractivity contribution >= 4 is 17.3 Å². The van der Waals surface area contributed by atoms with E-state index < -0.39 is 0 Å². The molecule has 3 heteroatoms. The minimum absolute atomic E-state index is 0.164. The SMILES string of the molecule is Fc1ccc2c(c1)[C@H]1C=CC[C@H]1[C@@H](c1ccccc1Cl)N2. The maximum atomic E-state index is 13.6. The number of fused-ring (bicyclic) bond motifs is 3. The summed E-state index contributed by atoms with van der Waals surface area (Å²) in [5.41, 5.74) is 3.18. The third kappa shape index (κ3) is 2.06. The molecular weight excluding hydrogens is 285 g/mol. The number of rotatable bonds is 1. The monoisotopic (exact) mass is 299 g/mol. The van der Waals surface area contributed by atoms with Crippen LogP contribution in [0.15, 0.2) is 54.6 Å². The van der Waals surface area contributed by atoms with Crippen LogP contribution in [0.1, 0.15) is 29.5 Å². The van der Waals surface area contributed by atoms with Gasteiger partial charge in [0.25, 0.3) is 0 Å². The Hall–Kier alpha value is -1.80. The summed E-state index contributed by atoms with van der Waals surface area (Å²) >= 11 is 6.38. The molecule has 0 amide bonds. The van der Waals surface area contributed by atoms with Crippen LogP contribution in [0.2, 0.25) is 5.02 Å². The highest BCUT2D eigenvalue weighted by Crippen LogP contribution is 2.50. The van der Waals surface area contributed by atoms with Crippen molar-refractivity contribution in [2.75, 3.05) is 5.32 Å². The van der Waals surface area contributed by atoms with Crippen molar-refractivity contribution in [3.8, 4) is 0 Å². The number of allylic oxidation sites excluding steroid dienone is 2. The molecule has 2 aliphatic rings. The van der Waals surface area contributed by atoms with Crippen molar-refractivity contribution in [3.05, 3.63) is 76.6 Å². The zero-order valence-electron chi connectivity index (χ0n) is 11.4. The average molecular weight is 300 g/mol. The normalized spacial score (nSPS) is 26.1. The highest BCUT2D eigenvalue weighted by molar-refractivity contribution is 6.31. The van der Waals surface area contributed by atoms with E-state index in [9.17, 15) is 4.39 Å². The van der Waals surface area contributed by atoms with E-state index in [4.69, 9.17) is 11.6 Å². The van der Waals surface area contributed by atoms with Gasteiger partial charge in [0, 0.05) is 16.6 Å².